The van der Waals surface area contributed by atoms with Crippen LogP contribution >= 0.6 is 23.4 Å². The summed E-state index contributed by atoms with van der Waals surface area (Å²) in [6, 6.07) is 13.1. The molecular formula is C23H26ClNO4S. The van der Waals surface area contributed by atoms with Crippen molar-refractivity contribution in [1.29, 1.82) is 0 Å². The fourth-order valence-electron chi connectivity index (χ4n) is 2.65. The summed E-state index contributed by atoms with van der Waals surface area (Å²) in [5, 5.41) is 3.64. The van der Waals surface area contributed by atoms with E-state index in [1.54, 1.807) is 18.9 Å². The number of carbonyl (C=O) groups is 1. The van der Waals surface area contributed by atoms with Crippen molar-refractivity contribution in [2.75, 3.05) is 32.6 Å². The predicted octanol–water partition coefficient (Wildman–Crippen LogP) is 4.22. The monoisotopic (exact) mass is 447 g/mol. The van der Waals surface area contributed by atoms with Crippen LogP contribution in [0, 0.1) is 12.3 Å². The first-order valence-electron chi connectivity index (χ1n) is 9.58. The summed E-state index contributed by atoms with van der Waals surface area (Å²) in [5.74, 6) is 4.03. The van der Waals surface area contributed by atoms with Gasteiger partial charge in [-0.3, -0.25) is 4.79 Å². The molecule has 0 aliphatic heterocycles. The summed E-state index contributed by atoms with van der Waals surface area (Å²) < 4.78 is 16.4. The van der Waals surface area contributed by atoms with Crippen LogP contribution in [0.4, 0.5) is 0 Å². The van der Waals surface area contributed by atoms with Crippen molar-refractivity contribution >= 4 is 29.3 Å². The third-order valence-electron chi connectivity index (χ3n) is 4.13. The zero-order valence-corrected chi connectivity index (χ0v) is 18.7. The van der Waals surface area contributed by atoms with Gasteiger partial charge in [-0.2, -0.15) is 0 Å². The summed E-state index contributed by atoms with van der Waals surface area (Å²) in [5.41, 5.74) is 1.02. The molecule has 0 radical (unpaired) electrons. The highest BCUT2D eigenvalue weighted by Crippen LogP contribution is 2.28. The first kappa shape index (κ1) is 23.9. The molecule has 0 spiro atoms. The van der Waals surface area contributed by atoms with E-state index in [0.29, 0.717) is 41.8 Å². The zero-order chi connectivity index (χ0) is 21.8. The van der Waals surface area contributed by atoms with Crippen molar-refractivity contribution in [3.05, 3.63) is 53.1 Å². The van der Waals surface area contributed by atoms with Crippen LogP contribution in [0.5, 0.6) is 11.5 Å². The zero-order valence-electron chi connectivity index (χ0n) is 17.2. The minimum Gasteiger partial charge on any atom is -0.493 e. The molecule has 2 rings (SSSR count). The molecule has 0 fully saturated rings. The van der Waals surface area contributed by atoms with E-state index < -0.39 is 6.10 Å². The van der Waals surface area contributed by atoms with E-state index in [9.17, 15) is 4.79 Å². The van der Waals surface area contributed by atoms with Gasteiger partial charge >= 0.3 is 0 Å². The number of hydrogen-bond donors (Lipinski definition) is 1. The lowest BCUT2D eigenvalue weighted by Gasteiger charge is -2.17. The van der Waals surface area contributed by atoms with E-state index in [-0.39, 0.29) is 12.5 Å². The molecule has 2 aromatic rings. The maximum absolute atomic E-state index is 12.6. The molecule has 7 heteroatoms. The number of rotatable bonds is 12. The highest BCUT2D eigenvalue weighted by Gasteiger charge is 2.18. The van der Waals surface area contributed by atoms with E-state index in [1.807, 2.05) is 49.4 Å². The van der Waals surface area contributed by atoms with Crippen molar-refractivity contribution in [1.82, 2.24) is 5.32 Å². The van der Waals surface area contributed by atoms with Crippen LogP contribution in [0.1, 0.15) is 12.5 Å². The minimum atomic E-state index is -0.523. The van der Waals surface area contributed by atoms with E-state index in [4.69, 9.17) is 32.2 Å². The maximum atomic E-state index is 12.6. The summed E-state index contributed by atoms with van der Waals surface area (Å²) in [6.07, 6.45) is 5.36. The molecule has 5 nitrogen and oxygen atoms in total. The normalized spacial score (nSPS) is 11.4. The number of methoxy groups -OCH3 is 1. The molecule has 0 aliphatic rings. The summed E-state index contributed by atoms with van der Waals surface area (Å²) >= 11 is 7.47. The molecule has 0 aromatic heterocycles. The lowest BCUT2D eigenvalue weighted by molar-refractivity contribution is -0.131. The minimum absolute atomic E-state index is 0.126. The van der Waals surface area contributed by atoms with Crippen molar-refractivity contribution in [3.63, 3.8) is 0 Å². The summed E-state index contributed by atoms with van der Waals surface area (Å²) in [4.78, 5) is 13.6. The number of carbonyl (C=O) groups excluding carboxylic acids is 1. The molecule has 0 saturated carbocycles. The van der Waals surface area contributed by atoms with E-state index in [0.717, 1.165) is 10.5 Å². The van der Waals surface area contributed by atoms with Gasteiger partial charge in [-0.05, 0) is 55.3 Å². The maximum Gasteiger partial charge on any atom is 0.250 e. The summed E-state index contributed by atoms with van der Waals surface area (Å²) in [7, 11) is 1.58. The largest absolute Gasteiger partial charge is 0.493 e. The van der Waals surface area contributed by atoms with Gasteiger partial charge in [0.1, 0.15) is 12.7 Å². The predicted molar refractivity (Wildman–Crippen MR) is 122 cm³/mol. The molecule has 0 bridgehead atoms. The van der Waals surface area contributed by atoms with E-state index in [2.05, 4.69) is 11.2 Å². The number of thioether (sulfide) groups is 1. The molecule has 1 atom stereocenters. The fraction of sp³-hybridized carbons (Fsp3) is 0.348. The first-order valence-corrected chi connectivity index (χ1v) is 10.9. The molecular weight excluding hydrogens is 422 g/mol. The van der Waals surface area contributed by atoms with Crippen LogP contribution in [0.25, 0.3) is 0 Å². The van der Waals surface area contributed by atoms with Crippen LogP contribution in [0.15, 0.2) is 47.4 Å². The van der Waals surface area contributed by atoms with Gasteiger partial charge in [0.2, 0.25) is 5.91 Å². The van der Waals surface area contributed by atoms with Crippen molar-refractivity contribution < 1.29 is 19.0 Å². The molecule has 30 heavy (non-hydrogen) atoms. The second-order valence-corrected chi connectivity index (χ2v) is 7.76. The molecule has 160 valence electrons. The smallest absolute Gasteiger partial charge is 0.250 e. The van der Waals surface area contributed by atoms with Crippen molar-refractivity contribution in [2.45, 2.75) is 24.3 Å². The van der Waals surface area contributed by atoms with Crippen molar-refractivity contribution in [3.8, 4) is 23.8 Å². The molecule has 0 unspecified atom stereocenters. The third kappa shape index (κ3) is 7.83. The van der Waals surface area contributed by atoms with Crippen LogP contribution in [0.2, 0.25) is 5.02 Å². The molecule has 0 saturated heterocycles. The Labute approximate surface area is 187 Å². The second kappa shape index (κ2) is 13.1. The second-order valence-electron chi connectivity index (χ2n) is 6.23. The Morgan fingerprint density at radius 2 is 2.00 bits per heavy atom. The lowest BCUT2D eigenvalue weighted by Crippen LogP contribution is -2.39. The van der Waals surface area contributed by atoms with E-state index in [1.165, 1.54) is 0 Å². The first-order chi connectivity index (χ1) is 14.6. The van der Waals surface area contributed by atoms with Gasteiger partial charge in [0, 0.05) is 28.8 Å². The SMILES string of the molecule is C#CCOc1ccc(CCNC(=O)[C@@H](CSc2ccc(Cl)cc2)OCC)cc1OC. The molecule has 1 N–H and O–H groups in total. The lowest BCUT2D eigenvalue weighted by atomic mass is 10.1. The average Bonchev–Trinajstić information content (AvgIpc) is 2.76. The third-order valence-corrected chi connectivity index (χ3v) is 5.45. The van der Waals surface area contributed by atoms with Crippen LogP contribution in [-0.2, 0) is 16.0 Å². The number of terminal acetylenes is 1. The van der Waals surface area contributed by atoms with Crippen molar-refractivity contribution in [2.24, 2.45) is 0 Å². The molecule has 0 aliphatic carbocycles. The quantitative estimate of drug-likeness (QED) is 0.390. The Balaban J connectivity index is 1.86. The van der Waals surface area contributed by atoms with Gasteiger partial charge in [0.25, 0.3) is 0 Å². The Kier molecular flexibility index (Phi) is 10.4. The number of hydrogen-bond acceptors (Lipinski definition) is 5. The average molecular weight is 448 g/mol. The Bertz CT molecular complexity index is 851. The molecule has 0 heterocycles. The number of halogens is 1. The standard InChI is InChI=1S/C23H26ClNO4S/c1-4-14-29-20-11-6-17(15-21(20)27-3)12-13-25-23(26)22(28-5-2)16-30-19-9-7-18(24)8-10-19/h1,6-11,15,22H,5,12-14,16H2,2-3H3,(H,25,26)/t22-/m1/s1. The van der Waals surface area contributed by atoms with Gasteiger partial charge in [0.15, 0.2) is 11.5 Å². The van der Waals surface area contributed by atoms with Gasteiger partial charge in [-0.1, -0.05) is 23.6 Å². The number of benzene rings is 2. The van der Waals surface area contributed by atoms with Gasteiger partial charge in [0.05, 0.1) is 7.11 Å². The van der Waals surface area contributed by atoms with Crippen LogP contribution < -0.4 is 14.8 Å². The Morgan fingerprint density at radius 1 is 1.23 bits per heavy atom. The number of amides is 1. The topological polar surface area (TPSA) is 56.8 Å². The number of nitrogens with one attached hydrogen (secondary N) is 1. The number of ether oxygens (including phenoxy) is 3. The molecule has 1 amide bonds. The van der Waals surface area contributed by atoms with Crippen LogP contribution in [-0.4, -0.2) is 44.6 Å². The Morgan fingerprint density at radius 3 is 2.67 bits per heavy atom. The van der Waals surface area contributed by atoms with Gasteiger partial charge in [-0.15, -0.1) is 18.2 Å². The molecule has 2 aromatic carbocycles. The van der Waals surface area contributed by atoms with E-state index >= 15 is 0 Å². The van der Waals surface area contributed by atoms with Gasteiger partial charge < -0.3 is 19.5 Å². The summed E-state index contributed by atoms with van der Waals surface area (Å²) in [6.45, 7) is 3.01. The van der Waals surface area contributed by atoms with Crippen LogP contribution in [0.3, 0.4) is 0 Å². The highest BCUT2D eigenvalue weighted by atomic mass is 35.5. The highest BCUT2D eigenvalue weighted by molar-refractivity contribution is 7.99. The van der Waals surface area contributed by atoms with Gasteiger partial charge in [-0.25, -0.2) is 0 Å². The fourth-order valence-corrected chi connectivity index (χ4v) is 3.70. The Hall–Kier alpha value is -2.33.